The zero-order valence-electron chi connectivity index (χ0n) is 11.8. The molecule has 7 nitrogen and oxygen atoms in total. The first-order valence-corrected chi connectivity index (χ1v) is 11.1. The van der Waals surface area contributed by atoms with Gasteiger partial charge in [0.25, 0.3) is 0 Å². The Labute approximate surface area is 119 Å². The summed E-state index contributed by atoms with van der Waals surface area (Å²) >= 11 is 0. The highest BCUT2D eigenvalue weighted by molar-refractivity contribution is 7.64. The summed E-state index contributed by atoms with van der Waals surface area (Å²) in [6, 6.07) is 1.06. The predicted molar refractivity (Wildman–Crippen MR) is 78.1 cm³/mol. The van der Waals surface area contributed by atoms with Crippen molar-refractivity contribution < 1.29 is 13.2 Å². The molecule has 0 fully saturated rings. The average Bonchev–Trinajstić information content (AvgIpc) is 2.73. The molecule has 1 N–H and O–H groups in total. The Bertz CT molecular complexity index is 765. The maximum Gasteiger partial charge on any atom is 0.240 e. The Kier molecular flexibility index (Phi) is 4.41. The monoisotopic (exact) mass is 314 g/mol. The number of aromatic nitrogens is 4. The van der Waals surface area contributed by atoms with Crippen LogP contribution in [0, 0.1) is 4.64 Å². The van der Waals surface area contributed by atoms with Crippen molar-refractivity contribution in [1.29, 1.82) is 0 Å². The van der Waals surface area contributed by atoms with Crippen molar-refractivity contribution in [2.24, 2.45) is 0 Å². The van der Waals surface area contributed by atoms with Gasteiger partial charge in [-0.1, -0.05) is 19.6 Å². The lowest BCUT2D eigenvalue weighted by Gasteiger charge is -2.15. The van der Waals surface area contributed by atoms with Crippen LogP contribution in [0.5, 0.6) is 0 Å². The molecule has 0 aliphatic rings. The first kappa shape index (κ1) is 14.9. The van der Waals surface area contributed by atoms with Gasteiger partial charge in [0, 0.05) is 20.9 Å². The molecule has 110 valence electrons. The first-order chi connectivity index (χ1) is 9.38. The van der Waals surface area contributed by atoms with E-state index in [1.54, 1.807) is 4.68 Å². The molecule has 0 radical (unpaired) electrons. The number of rotatable bonds is 5. The van der Waals surface area contributed by atoms with Crippen LogP contribution in [0.4, 0.5) is 0 Å². The molecule has 2 rings (SSSR count). The van der Waals surface area contributed by atoms with E-state index in [4.69, 9.17) is 4.74 Å². The normalized spacial score (nSPS) is 11.9. The zero-order valence-corrected chi connectivity index (χ0v) is 13.6. The summed E-state index contributed by atoms with van der Waals surface area (Å²) < 4.78 is 29.6. The van der Waals surface area contributed by atoms with Crippen LogP contribution in [0.2, 0.25) is 25.7 Å². The van der Waals surface area contributed by atoms with Crippen LogP contribution in [0.1, 0.15) is 0 Å². The molecule has 0 aliphatic carbocycles. The molecule has 2 aromatic rings. The van der Waals surface area contributed by atoms with Crippen LogP contribution in [-0.4, -0.2) is 42.8 Å². The molecule has 0 saturated carbocycles. The summed E-state index contributed by atoms with van der Waals surface area (Å²) in [5, 5.41) is 3.24. The SMILES string of the molecule is C[Si](C)(C)CCOCn1[nH]c(=S(=O)=O)c2cncnc21. The molecule has 0 aliphatic heterocycles. The van der Waals surface area contributed by atoms with E-state index in [-0.39, 0.29) is 11.4 Å². The first-order valence-electron chi connectivity index (χ1n) is 6.27. The molecule has 0 aromatic carbocycles. The number of hydrogen-bond donors (Lipinski definition) is 1. The number of ether oxygens (including phenoxy) is 1. The number of H-pyrrole nitrogens is 1. The van der Waals surface area contributed by atoms with E-state index < -0.39 is 18.4 Å². The van der Waals surface area contributed by atoms with Gasteiger partial charge in [0.15, 0.2) is 10.3 Å². The minimum atomic E-state index is -2.36. The molecule has 0 bridgehead atoms. The topological polar surface area (TPSA) is 89.9 Å². The van der Waals surface area contributed by atoms with Gasteiger partial charge >= 0.3 is 0 Å². The number of hydrogen-bond acceptors (Lipinski definition) is 5. The van der Waals surface area contributed by atoms with Gasteiger partial charge in [0.2, 0.25) is 10.3 Å². The van der Waals surface area contributed by atoms with Crippen molar-refractivity contribution in [1.82, 2.24) is 19.7 Å². The highest BCUT2D eigenvalue weighted by atomic mass is 32.2. The van der Waals surface area contributed by atoms with Crippen LogP contribution < -0.4 is 0 Å². The largest absolute Gasteiger partial charge is 0.360 e. The number of aromatic amines is 1. The van der Waals surface area contributed by atoms with Crippen LogP contribution in [-0.2, 0) is 21.8 Å². The molecule has 9 heteroatoms. The minimum Gasteiger partial charge on any atom is -0.360 e. The van der Waals surface area contributed by atoms with Crippen molar-refractivity contribution >= 4 is 29.4 Å². The Hall–Kier alpha value is -1.45. The third-order valence-electron chi connectivity index (χ3n) is 2.81. The molecule has 0 saturated heterocycles. The quantitative estimate of drug-likeness (QED) is 0.513. The van der Waals surface area contributed by atoms with Gasteiger partial charge < -0.3 is 4.74 Å². The van der Waals surface area contributed by atoms with E-state index in [1.165, 1.54) is 12.5 Å². The Morgan fingerprint density at radius 2 is 2.15 bits per heavy atom. The zero-order chi connectivity index (χ0) is 14.8. The maximum absolute atomic E-state index is 11.2. The highest BCUT2D eigenvalue weighted by Gasteiger charge is 2.12. The van der Waals surface area contributed by atoms with Crippen molar-refractivity contribution in [2.75, 3.05) is 6.61 Å². The van der Waals surface area contributed by atoms with E-state index >= 15 is 0 Å². The molecule has 2 heterocycles. The molecule has 2 aromatic heterocycles. The fourth-order valence-electron chi connectivity index (χ4n) is 1.69. The second-order valence-corrected chi connectivity index (χ2v) is 12.2. The third kappa shape index (κ3) is 3.55. The lowest BCUT2D eigenvalue weighted by molar-refractivity contribution is 0.0811. The highest BCUT2D eigenvalue weighted by Crippen LogP contribution is 2.11. The Morgan fingerprint density at radius 1 is 1.40 bits per heavy atom. The fraction of sp³-hybridized carbons (Fsp3) is 0.545. The van der Waals surface area contributed by atoms with Gasteiger partial charge in [-0.15, -0.1) is 0 Å². The van der Waals surface area contributed by atoms with Gasteiger partial charge in [-0.2, -0.15) is 8.42 Å². The standard InChI is InChI=1S/C11H18N4O3SSi/c1-20(2,3)5-4-18-8-15-10-9(6-12-7-13-10)11(14-15)19(16)17/h6-7,14H,4-5,8H2,1-3H3. The second kappa shape index (κ2) is 5.90. The van der Waals surface area contributed by atoms with Crippen LogP contribution >= 0.6 is 0 Å². The molecule has 0 spiro atoms. The maximum atomic E-state index is 11.2. The predicted octanol–water partition coefficient (Wildman–Crippen LogP) is 1.48. The smallest absolute Gasteiger partial charge is 0.240 e. The van der Waals surface area contributed by atoms with Gasteiger partial charge in [-0.25, -0.2) is 14.6 Å². The summed E-state index contributed by atoms with van der Waals surface area (Å²) in [6.07, 6.45) is 2.86. The summed E-state index contributed by atoms with van der Waals surface area (Å²) in [5.41, 5.74) is 0.521. The van der Waals surface area contributed by atoms with E-state index in [2.05, 4.69) is 34.7 Å². The van der Waals surface area contributed by atoms with Gasteiger partial charge in [0.05, 0.1) is 5.39 Å². The second-order valence-electron chi connectivity index (χ2n) is 5.71. The van der Waals surface area contributed by atoms with Crippen LogP contribution in [0.25, 0.3) is 11.0 Å². The summed E-state index contributed by atoms with van der Waals surface area (Å²) in [6.45, 7) is 7.73. The number of fused-ring (bicyclic) bond motifs is 1. The van der Waals surface area contributed by atoms with Crippen molar-refractivity contribution in [3.8, 4) is 0 Å². The fourth-order valence-corrected chi connectivity index (χ4v) is 2.95. The summed E-state index contributed by atoms with van der Waals surface area (Å²) in [7, 11) is -3.49. The number of nitrogens with one attached hydrogen (secondary N) is 1. The average molecular weight is 314 g/mol. The Balaban J connectivity index is 2.22. The van der Waals surface area contributed by atoms with E-state index in [9.17, 15) is 8.42 Å². The van der Waals surface area contributed by atoms with Gasteiger partial charge in [-0.05, 0) is 6.04 Å². The van der Waals surface area contributed by atoms with E-state index in [0.717, 1.165) is 6.04 Å². The van der Waals surface area contributed by atoms with Crippen LogP contribution in [0.3, 0.4) is 0 Å². The lowest BCUT2D eigenvalue weighted by atomic mass is 10.4. The van der Waals surface area contributed by atoms with Crippen molar-refractivity contribution in [3.63, 3.8) is 0 Å². The van der Waals surface area contributed by atoms with Crippen LogP contribution in [0.15, 0.2) is 12.5 Å². The van der Waals surface area contributed by atoms with Gasteiger partial charge in [-0.3, -0.25) is 5.10 Å². The molecule has 20 heavy (non-hydrogen) atoms. The molecular weight excluding hydrogens is 296 g/mol. The third-order valence-corrected chi connectivity index (χ3v) is 5.16. The minimum absolute atomic E-state index is 0.0781. The number of nitrogens with zero attached hydrogens (tertiary/aromatic N) is 3. The molecule has 0 atom stereocenters. The lowest BCUT2D eigenvalue weighted by Crippen LogP contribution is -2.22. The Morgan fingerprint density at radius 3 is 2.80 bits per heavy atom. The van der Waals surface area contributed by atoms with Crippen molar-refractivity contribution in [3.05, 3.63) is 17.2 Å². The van der Waals surface area contributed by atoms with Gasteiger partial charge in [0.1, 0.15) is 13.1 Å². The molecule has 0 amide bonds. The van der Waals surface area contributed by atoms with E-state index in [0.29, 0.717) is 17.6 Å². The molecule has 0 unspecified atom stereocenters. The summed E-state index contributed by atoms with van der Waals surface area (Å²) in [5.74, 6) is 0. The van der Waals surface area contributed by atoms with E-state index in [1.807, 2.05) is 0 Å². The summed E-state index contributed by atoms with van der Waals surface area (Å²) in [4.78, 5) is 7.93. The van der Waals surface area contributed by atoms with Crippen molar-refractivity contribution in [2.45, 2.75) is 32.4 Å². The molecular formula is C11H18N4O3SSi.